The van der Waals surface area contributed by atoms with Gasteiger partial charge in [0.2, 0.25) is 0 Å². The lowest BCUT2D eigenvalue weighted by Crippen LogP contribution is -2.33. The third-order valence-corrected chi connectivity index (χ3v) is 4.49. The largest absolute Gasteiger partial charge is 0.492 e. The van der Waals surface area contributed by atoms with Crippen molar-refractivity contribution in [1.82, 2.24) is 0 Å². The smallest absolute Gasteiger partial charge is 0.135 e. The third kappa shape index (κ3) is 10.0. The highest BCUT2D eigenvalue weighted by Crippen LogP contribution is 2.30. The SMILES string of the molecule is CCCCCCCCC1(COCc2ccco2)CC=CO1.CCOCC. The average Bonchev–Trinajstić information content (AvgIpc) is 3.32. The standard InChI is InChI=1S/C18H28O3.C4H10O/c1-2-3-4-5-6-7-11-18(12-9-14-21-18)16-19-15-17-10-8-13-20-17;1-3-5-4-2/h8-10,13-14H,2-7,11-12,15-16H2,1H3;3-4H2,1-2H3. The van der Waals surface area contributed by atoms with Crippen LogP contribution < -0.4 is 0 Å². The molecular formula is C22H38O4. The number of hydrogen-bond acceptors (Lipinski definition) is 4. The Balaban J connectivity index is 0.000000597. The molecule has 0 N–H and O–H groups in total. The summed E-state index contributed by atoms with van der Waals surface area (Å²) in [6.45, 7) is 9.08. The molecule has 0 spiro atoms. The van der Waals surface area contributed by atoms with Crippen LogP contribution in [0.4, 0.5) is 0 Å². The number of ether oxygens (including phenoxy) is 3. The number of furan rings is 1. The van der Waals surface area contributed by atoms with Crippen LogP contribution in [0, 0.1) is 0 Å². The molecule has 0 aromatic carbocycles. The molecule has 0 fully saturated rings. The van der Waals surface area contributed by atoms with Gasteiger partial charge in [-0.15, -0.1) is 0 Å². The second kappa shape index (κ2) is 14.9. The molecule has 2 rings (SSSR count). The zero-order valence-corrected chi connectivity index (χ0v) is 17.0. The Hall–Kier alpha value is -1.26. The van der Waals surface area contributed by atoms with Gasteiger partial charge in [-0.2, -0.15) is 0 Å². The number of hydrogen-bond donors (Lipinski definition) is 0. The Morgan fingerprint density at radius 1 is 1.00 bits per heavy atom. The molecule has 0 aliphatic carbocycles. The van der Waals surface area contributed by atoms with E-state index in [9.17, 15) is 0 Å². The molecule has 1 aliphatic heterocycles. The maximum Gasteiger partial charge on any atom is 0.135 e. The summed E-state index contributed by atoms with van der Waals surface area (Å²) in [5, 5.41) is 0. The Morgan fingerprint density at radius 2 is 1.77 bits per heavy atom. The van der Waals surface area contributed by atoms with Gasteiger partial charge in [-0.3, -0.25) is 0 Å². The van der Waals surface area contributed by atoms with Crippen LogP contribution in [0.3, 0.4) is 0 Å². The molecule has 4 nitrogen and oxygen atoms in total. The summed E-state index contributed by atoms with van der Waals surface area (Å²) >= 11 is 0. The van der Waals surface area contributed by atoms with E-state index in [1.54, 1.807) is 6.26 Å². The predicted molar refractivity (Wildman–Crippen MR) is 106 cm³/mol. The molecule has 150 valence electrons. The molecule has 1 aliphatic rings. The maximum absolute atomic E-state index is 5.85. The van der Waals surface area contributed by atoms with Crippen molar-refractivity contribution in [2.45, 2.75) is 84.3 Å². The number of unbranched alkanes of at least 4 members (excludes halogenated alkanes) is 5. The Labute approximate surface area is 159 Å². The highest BCUT2D eigenvalue weighted by Gasteiger charge is 2.33. The van der Waals surface area contributed by atoms with Crippen molar-refractivity contribution in [2.75, 3.05) is 19.8 Å². The lowest BCUT2D eigenvalue weighted by Gasteiger charge is -2.28. The van der Waals surface area contributed by atoms with E-state index >= 15 is 0 Å². The quantitative estimate of drug-likeness (QED) is 0.386. The van der Waals surface area contributed by atoms with E-state index < -0.39 is 0 Å². The van der Waals surface area contributed by atoms with Crippen molar-refractivity contribution in [3.63, 3.8) is 0 Å². The van der Waals surface area contributed by atoms with Gasteiger partial charge in [0.25, 0.3) is 0 Å². The summed E-state index contributed by atoms with van der Waals surface area (Å²) < 4.78 is 21.8. The fourth-order valence-electron chi connectivity index (χ4n) is 2.99. The normalized spacial score (nSPS) is 18.4. The van der Waals surface area contributed by atoms with Crippen LogP contribution in [-0.4, -0.2) is 25.4 Å². The zero-order valence-electron chi connectivity index (χ0n) is 17.0. The van der Waals surface area contributed by atoms with Crippen LogP contribution in [0.2, 0.25) is 0 Å². The zero-order chi connectivity index (χ0) is 18.9. The molecular weight excluding hydrogens is 328 g/mol. The molecule has 2 heterocycles. The minimum absolute atomic E-state index is 0.142. The van der Waals surface area contributed by atoms with Crippen molar-refractivity contribution in [2.24, 2.45) is 0 Å². The molecule has 4 heteroatoms. The minimum atomic E-state index is -0.142. The van der Waals surface area contributed by atoms with Crippen LogP contribution in [0.1, 0.15) is 77.9 Å². The first-order chi connectivity index (χ1) is 12.8. The minimum Gasteiger partial charge on any atom is -0.492 e. The van der Waals surface area contributed by atoms with Gasteiger partial charge < -0.3 is 18.6 Å². The summed E-state index contributed by atoms with van der Waals surface area (Å²) in [4.78, 5) is 0. The highest BCUT2D eigenvalue weighted by atomic mass is 16.5. The predicted octanol–water partition coefficient (Wildman–Crippen LogP) is 6.26. The second-order valence-corrected chi connectivity index (χ2v) is 6.75. The lowest BCUT2D eigenvalue weighted by molar-refractivity contribution is -0.0556. The Morgan fingerprint density at radius 3 is 2.35 bits per heavy atom. The Kier molecular flexibility index (Phi) is 13.0. The molecule has 0 amide bonds. The van der Waals surface area contributed by atoms with Crippen molar-refractivity contribution in [1.29, 1.82) is 0 Å². The second-order valence-electron chi connectivity index (χ2n) is 6.75. The molecule has 0 saturated heterocycles. The molecule has 26 heavy (non-hydrogen) atoms. The molecule has 0 bridgehead atoms. The van der Waals surface area contributed by atoms with Gasteiger partial charge in [-0.05, 0) is 44.9 Å². The van der Waals surface area contributed by atoms with Crippen molar-refractivity contribution < 1.29 is 18.6 Å². The maximum atomic E-state index is 5.85. The van der Waals surface area contributed by atoms with Gasteiger partial charge in [0, 0.05) is 19.6 Å². The van der Waals surface area contributed by atoms with Gasteiger partial charge in [0.05, 0.1) is 19.1 Å². The fraction of sp³-hybridized carbons (Fsp3) is 0.727. The molecule has 1 aromatic rings. The summed E-state index contributed by atoms with van der Waals surface area (Å²) in [6, 6.07) is 3.83. The number of rotatable bonds is 13. The Bertz CT molecular complexity index is 429. The van der Waals surface area contributed by atoms with E-state index in [-0.39, 0.29) is 5.60 Å². The van der Waals surface area contributed by atoms with Gasteiger partial charge in [-0.25, -0.2) is 0 Å². The van der Waals surface area contributed by atoms with Crippen LogP contribution in [-0.2, 0) is 20.8 Å². The van der Waals surface area contributed by atoms with Gasteiger partial charge >= 0.3 is 0 Å². The highest BCUT2D eigenvalue weighted by molar-refractivity contribution is 4.99. The first-order valence-corrected chi connectivity index (χ1v) is 10.3. The third-order valence-electron chi connectivity index (χ3n) is 4.49. The van der Waals surface area contributed by atoms with Crippen LogP contribution in [0.5, 0.6) is 0 Å². The van der Waals surface area contributed by atoms with Crippen molar-refractivity contribution >= 4 is 0 Å². The summed E-state index contributed by atoms with van der Waals surface area (Å²) in [7, 11) is 0. The summed E-state index contributed by atoms with van der Waals surface area (Å²) in [5.41, 5.74) is -0.142. The summed E-state index contributed by atoms with van der Waals surface area (Å²) in [5.74, 6) is 0.871. The molecule has 1 aromatic heterocycles. The lowest BCUT2D eigenvalue weighted by atomic mass is 9.94. The van der Waals surface area contributed by atoms with Crippen LogP contribution in [0.15, 0.2) is 35.2 Å². The van der Waals surface area contributed by atoms with E-state index in [0.717, 1.165) is 31.8 Å². The summed E-state index contributed by atoms with van der Waals surface area (Å²) in [6.07, 6.45) is 15.5. The van der Waals surface area contributed by atoms with E-state index in [4.69, 9.17) is 18.6 Å². The monoisotopic (exact) mass is 366 g/mol. The van der Waals surface area contributed by atoms with E-state index in [1.165, 1.54) is 38.5 Å². The molecule has 0 saturated carbocycles. The van der Waals surface area contributed by atoms with E-state index in [0.29, 0.717) is 13.2 Å². The topological polar surface area (TPSA) is 40.8 Å². The van der Waals surface area contributed by atoms with Crippen molar-refractivity contribution in [3.8, 4) is 0 Å². The van der Waals surface area contributed by atoms with Gasteiger partial charge in [0.1, 0.15) is 18.0 Å². The van der Waals surface area contributed by atoms with Crippen molar-refractivity contribution in [3.05, 3.63) is 36.5 Å². The first kappa shape index (κ1) is 22.8. The van der Waals surface area contributed by atoms with E-state index in [2.05, 4.69) is 13.0 Å². The van der Waals surface area contributed by atoms with E-state index in [1.807, 2.05) is 32.2 Å². The first-order valence-electron chi connectivity index (χ1n) is 10.3. The molecule has 1 atom stereocenters. The van der Waals surface area contributed by atoms with Crippen LogP contribution >= 0.6 is 0 Å². The van der Waals surface area contributed by atoms with Crippen LogP contribution in [0.25, 0.3) is 0 Å². The fourth-order valence-corrected chi connectivity index (χ4v) is 2.99. The average molecular weight is 367 g/mol. The molecule has 0 radical (unpaired) electrons. The van der Waals surface area contributed by atoms with Gasteiger partial charge in [-0.1, -0.05) is 39.0 Å². The van der Waals surface area contributed by atoms with Gasteiger partial charge in [0.15, 0.2) is 0 Å². The molecule has 1 unspecified atom stereocenters.